The molecule has 0 spiro atoms. The van der Waals surface area contributed by atoms with E-state index in [0.717, 1.165) is 18.4 Å². The second kappa shape index (κ2) is 4.57. The molecule has 0 bridgehead atoms. The summed E-state index contributed by atoms with van der Waals surface area (Å²) in [5, 5.41) is 3.70. The fourth-order valence-corrected chi connectivity index (χ4v) is 3.58. The zero-order valence-corrected chi connectivity index (χ0v) is 11.3. The third-order valence-electron chi connectivity index (χ3n) is 4.56. The number of fused-ring (bicyclic) bond motifs is 2. The summed E-state index contributed by atoms with van der Waals surface area (Å²) < 4.78 is 0. The molecule has 0 aliphatic heterocycles. The average molecular weight is 263 g/mol. The summed E-state index contributed by atoms with van der Waals surface area (Å²) >= 11 is 0. The Morgan fingerprint density at radius 3 is 2.55 bits per heavy atom. The van der Waals surface area contributed by atoms with Gasteiger partial charge in [0.1, 0.15) is 0 Å². The summed E-state index contributed by atoms with van der Waals surface area (Å²) in [4.78, 5) is 12.1. The Kier molecular flexibility index (Phi) is 2.71. The van der Waals surface area contributed by atoms with Crippen LogP contribution in [-0.4, -0.2) is 5.78 Å². The molecule has 1 N–H and O–H groups in total. The molecule has 2 nitrogen and oxygen atoms in total. The number of nitrogens with one attached hydrogen (secondary N) is 1. The van der Waals surface area contributed by atoms with Crippen LogP contribution in [0.5, 0.6) is 0 Å². The van der Waals surface area contributed by atoms with Crippen LogP contribution in [0.1, 0.15) is 52.0 Å². The fourth-order valence-electron chi connectivity index (χ4n) is 3.58. The molecule has 0 amide bonds. The number of carbonyl (C=O) groups is 1. The molecular formula is C18H17NO. The maximum atomic E-state index is 12.1. The van der Waals surface area contributed by atoms with Gasteiger partial charge in [-0.15, -0.1) is 0 Å². The Morgan fingerprint density at radius 1 is 0.900 bits per heavy atom. The highest BCUT2D eigenvalue weighted by Gasteiger charge is 2.32. The quantitative estimate of drug-likeness (QED) is 0.897. The van der Waals surface area contributed by atoms with Crippen molar-refractivity contribution in [2.24, 2.45) is 0 Å². The first-order valence-corrected chi connectivity index (χ1v) is 7.29. The molecule has 2 aliphatic carbocycles. The van der Waals surface area contributed by atoms with Crippen LogP contribution in [-0.2, 0) is 6.42 Å². The van der Waals surface area contributed by atoms with Crippen LogP contribution < -0.4 is 5.32 Å². The number of ketones is 1. The summed E-state index contributed by atoms with van der Waals surface area (Å²) in [6, 6.07) is 17.2. The molecule has 2 heteroatoms. The standard InChI is InChI=1S/C18H17NO/c20-18-11-17(14-7-3-4-8-15(14)18)19-16-10-9-12-5-1-2-6-13(12)16/h1-8,16-17,19H,9-11H2/t16-,17+/m0/s1. The largest absolute Gasteiger partial charge is 0.303 e. The van der Waals surface area contributed by atoms with Crippen LogP contribution in [0.25, 0.3) is 0 Å². The molecule has 0 saturated heterocycles. The Morgan fingerprint density at radius 2 is 1.65 bits per heavy atom. The number of rotatable bonds is 2. The molecule has 2 aromatic rings. The average Bonchev–Trinajstić information content (AvgIpc) is 3.03. The summed E-state index contributed by atoms with van der Waals surface area (Å²) in [7, 11) is 0. The second-order valence-electron chi connectivity index (χ2n) is 5.72. The van der Waals surface area contributed by atoms with E-state index in [-0.39, 0.29) is 11.8 Å². The van der Waals surface area contributed by atoms with Crippen LogP contribution >= 0.6 is 0 Å². The van der Waals surface area contributed by atoms with Gasteiger partial charge < -0.3 is 5.32 Å². The van der Waals surface area contributed by atoms with Crippen molar-refractivity contribution in [3.8, 4) is 0 Å². The minimum Gasteiger partial charge on any atom is -0.303 e. The van der Waals surface area contributed by atoms with E-state index in [1.807, 2.05) is 18.2 Å². The summed E-state index contributed by atoms with van der Waals surface area (Å²) in [5.41, 5.74) is 4.92. The number of Topliss-reactive ketones (excluding diaryl/α,β-unsaturated/α-hetero) is 1. The van der Waals surface area contributed by atoms with Crippen LogP contribution in [0.3, 0.4) is 0 Å². The van der Waals surface area contributed by atoms with Crippen molar-refractivity contribution in [1.29, 1.82) is 0 Å². The molecule has 0 unspecified atom stereocenters. The van der Waals surface area contributed by atoms with Gasteiger partial charge in [0.05, 0.1) is 0 Å². The number of hydrogen-bond acceptors (Lipinski definition) is 2. The zero-order valence-electron chi connectivity index (χ0n) is 11.3. The topological polar surface area (TPSA) is 29.1 Å². The molecule has 0 heterocycles. The molecule has 20 heavy (non-hydrogen) atoms. The van der Waals surface area contributed by atoms with E-state index in [0.29, 0.717) is 12.5 Å². The van der Waals surface area contributed by atoms with E-state index < -0.39 is 0 Å². The maximum Gasteiger partial charge on any atom is 0.165 e. The second-order valence-corrected chi connectivity index (χ2v) is 5.72. The first-order chi connectivity index (χ1) is 9.83. The molecule has 100 valence electrons. The van der Waals surface area contributed by atoms with Crippen molar-refractivity contribution in [3.63, 3.8) is 0 Å². The highest BCUT2D eigenvalue weighted by molar-refractivity contribution is 6.01. The number of carbonyl (C=O) groups excluding carboxylic acids is 1. The molecule has 2 aliphatic rings. The van der Waals surface area contributed by atoms with Gasteiger partial charge in [-0.1, -0.05) is 48.5 Å². The molecule has 0 fully saturated rings. The third-order valence-corrected chi connectivity index (χ3v) is 4.56. The van der Waals surface area contributed by atoms with Crippen molar-refractivity contribution in [3.05, 3.63) is 70.8 Å². The van der Waals surface area contributed by atoms with E-state index in [4.69, 9.17) is 0 Å². The molecule has 2 atom stereocenters. The Labute approximate surface area is 118 Å². The van der Waals surface area contributed by atoms with Crippen molar-refractivity contribution in [2.75, 3.05) is 0 Å². The van der Waals surface area contributed by atoms with Crippen molar-refractivity contribution < 1.29 is 4.79 Å². The Balaban J connectivity index is 1.62. The highest BCUT2D eigenvalue weighted by Crippen LogP contribution is 2.37. The summed E-state index contributed by atoms with van der Waals surface area (Å²) in [5.74, 6) is 0.268. The number of aryl methyl sites for hydroxylation is 1. The van der Waals surface area contributed by atoms with Gasteiger partial charge in [0.15, 0.2) is 5.78 Å². The third kappa shape index (κ3) is 1.80. The predicted molar refractivity (Wildman–Crippen MR) is 78.8 cm³/mol. The van der Waals surface area contributed by atoms with Gasteiger partial charge in [-0.25, -0.2) is 0 Å². The summed E-state index contributed by atoms with van der Waals surface area (Å²) in [6.07, 6.45) is 2.86. The van der Waals surface area contributed by atoms with E-state index in [2.05, 4.69) is 35.6 Å². The van der Waals surface area contributed by atoms with Crippen LogP contribution in [0.15, 0.2) is 48.5 Å². The normalized spacial score (nSPS) is 23.7. The lowest BCUT2D eigenvalue weighted by Crippen LogP contribution is -2.23. The molecule has 2 aromatic carbocycles. The Bertz CT molecular complexity index is 677. The van der Waals surface area contributed by atoms with Crippen molar-refractivity contribution in [2.45, 2.75) is 31.3 Å². The van der Waals surface area contributed by atoms with Gasteiger partial charge >= 0.3 is 0 Å². The van der Waals surface area contributed by atoms with Crippen LogP contribution in [0, 0.1) is 0 Å². The van der Waals surface area contributed by atoms with Crippen molar-refractivity contribution in [1.82, 2.24) is 5.32 Å². The minimum atomic E-state index is 0.176. The maximum absolute atomic E-state index is 12.1. The van der Waals surface area contributed by atoms with E-state index in [1.54, 1.807) is 0 Å². The lowest BCUT2D eigenvalue weighted by Gasteiger charge is -2.20. The Hall–Kier alpha value is -1.93. The zero-order chi connectivity index (χ0) is 13.5. The number of hydrogen-bond donors (Lipinski definition) is 1. The van der Waals surface area contributed by atoms with Gasteiger partial charge in [-0.05, 0) is 29.5 Å². The van der Waals surface area contributed by atoms with Crippen LogP contribution in [0.4, 0.5) is 0 Å². The molecular weight excluding hydrogens is 246 g/mol. The van der Waals surface area contributed by atoms with E-state index in [1.165, 1.54) is 16.7 Å². The SMILES string of the molecule is O=C1C[C@@H](N[C@H]2CCc3ccccc32)c2ccccc21. The fraction of sp³-hybridized carbons (Fsp3) is 0.278. The highest BCUT2D eigenvalue weighted by atomic mass is 16.1. The molecule has 0 radical (unpaired) electrons. The van der Waals surface area contributed by atoms with Crippen molar-refractivity contribution >= 4 is 5.78 Å². The van der Waals surface area contributed by atoms with E-state index in [9.17, 15) is 4.79 Å². The van der Waals surface area contributed by atoms with Gasteiger partial charge in [-0.2, -0.15) is 0 Å². The molecule has 0 aromatic heterocycles. The monoisotopic (exact) mass is 263 g/mol. The molecule has 4 rings (SSSR count). The van der Waals surface area contributed by atoms with Gasteiger partial charge in [-0.3, -0.25) is 4.79 Å². The van der Waals surface area contributed by atoms with Gasteiger partial charge in [0.25, 0.3) is 0 Å². The predicted octanol–water partition coefficient (Wildman–Crippen LogP) is 3.59. The number of benzene rings is 2. The van der Waals surface area contributed by atoms with E-state index >= 15 is 0 Å². The first kappa shape index (κ1) is 11.9. The smallest absolute Gasteiger partial charge is 0.165 e. The minimum absolute atomic E-state index is 0.176. The molecule has 0 saturated carbocycles. The first-order valence-electron chi connectivity index (χ1n) is 7.29. The summed E-state index contributed by atoms with van der Waals surface area (Å²) in [6.45, 7) is 0. The van der Waals surface area contributed by atoms with Gasteiger partial charge in [0, 0.05) is 24.1 Å². The lowest BCUT2D eigenvalue weighted by molar-refractivity contribution is 0.0984. The van der Waals surface area contributed by atoms with Gasteiger partial charge in [0.2, 0.25) is 0 Å². The lowest BCUT2D eigenvalue weighted by atomic mass is 10.0. The van der Waals surface area contributed by atoms with Crippen LogP contribution in [0.2, 0.25) is 0 Å².